The summed E-state index contributed by atoms with van der Waals surface area (Å²) in [5.41, 5.74) is -1.89. The van der Waals surface area contributed by atoms with Crippen molar-refractivity contribution in [1.29, 1.82) is 0 Å². The topological polar surface area (TPSA) is 120 Å². The van der Waals surface area contributed by atoms with Gasteiger partial charge in [-0.15, -0.1) is 0 Å². The summed E-state index contributed by atoms with van der Waals surface area (Å²) < 4.78 is 84.8. The predicted molar refractivity (Wildman–Crippen MR) is 137 cm³/mol. The van der Waals surface area contributed by atoms with Crippen molar-refractivity contribution in [2.75, 3.05) is 17.5 Å². The number of alkyl halides is 3. The highest BCUT2D eigenvalue weighted by Crippen LogP contribution is 2.39. The molecule has 4 rings (SSSR count). The van der Waals surface area contributed by atoms with Crippen LogP contribution in [0.5, 0.6) is 0 Å². The van der Waals surface area contributed by atoms with E-state index < -0.39 is 46.1 Å². The first-order valence-electron chi connectivity index (χ1n) is 11.7. The molecule has 0 saturated carbocycles. The molecule has 1 amide bonds. The number of nitrogens with zero attached hydrogens (tertiary/aromatic N) is 1. The van der Waals surface area contributed by atoms with Gasteiger partial charge in [-0.25, -0.2) is 8.42 Å². The van der Waals surface area contributed by atoms with Crippen LogP contribution in [-0.2, 0) is 25.5 Å². The fourth-order valence-corrected chi connectivity index (χ4v) is 4.56. The molecule has 38 heavy (non-hydrogen) atoms. The molecule has 1 saturated heterocycles. The van der Waals surface area contributed by atoms with Crippen molar-refractivity contribution in [3.63, 3.8) is 0 Å². The monoisotopic (exact) mass is 553 g/mol. The van der Waals surface area contributed by atoms with Gasteiger partial charge in [0, 0.05) is 35.7 Å². The zero-order valence-corrected chi connectivity index (χ0v) is 22.4. The van der Waals surface area contributed by atoms with Crippen LogP contribution >= 0.6 is 0 Å². The van der Waals surface area contributed by atoms with E-state index in [0.29, 0.717) is 5.46 Å². The Morgan fingerprint density at radius 1 is 1.11 bits per heavy atom. The number of pyridine rings is 1. The number of halogens is 3. The van der Waals surface area contributed by atoms with E-state index in [0.717, 1.165) is 18.3 Å². The molecule has 0 bridgehead atoms. The quantitative estimate of drug-likeness (QED) is 0.444. The Bertz CT molecular complexity index is 1490. The van der Waals surface area contributed by atoms with Gasteiger partial charge in [0.2, 0.25) is 10.0 Å². The number of furan rings is 1. The minimum absolute atomic E-state index is 0.0315. The van der Waals surface area contributed by atoms with Crippen molar-refractivity contribution < 1.29 is 40.1 Å². The van der Waals surface area contributed by atoms with E-state index in [-0.39, 0.29) is 39.3 Å². The molecule has 204 valence electrons. The molecule has 0 radical (unpaired) electrons. The highest BCUT2D eigenvalue weighted by Gasteiger charge is 2.52. The normalized spacial score (nSPS) is 17.1. The third-order valence-electron chi connectivity index (χ3n) is 6.78. The third kappa shape index (κ3) is 4.99. The second-order valence-electron chi connectivity index (χ2n) is 9.84. The summed E-state index contributed by atoms with van der Waals surface area (Å²) >= 11 is 0. The SMILES string of the molecule is CCS(=O)(=O)Nc1cc2oc(-c3ccc(C(F)(F)F)nc3)c(C(=O)NC)c2cc1B1OC(C)(C)C(C)(C)O1. The highest BCUT2D eigenvalue weighted by molar-refractivity contribution is 7.92. The lowest BCUT2D eigenvalue weighted by molar-refractivity contribution is -0.141. The molecule has 0 unspecified atom stereocenters. The van der Waals surface area contributed by atoms with Crippen LogP contribution in [0.1, 0.15) is 50.7 Å². The van der Waals surface area contributed by atoms with E-state index in [2.05, 4.69) is 15.0 Å². The van der Waals surface area contributed by atoms with Gasteiger partial charge >= 0.3 is 13.3 Å². The van der Waals surface area contributed by atoms with E-state index in [1.54, 1.807) is 0 Å². The fourth-order valence-electron chi connectivity index (χ4n) is 3.90. The van der Waals surface area contributed by atoms with Gasteiger partial charge in [0.15, 0.2) is 0 Å². The number of aromatic nitrogens is 1. The average Bonchev–Trinajstić information content (AvgIpc) is 3.29. The van der Waals surface area contributed by atoms with Gasteiger partial charge in [-0.2, -0.15) is 13.2 Å². The standard InChI is InChI=1S/C24H27BF3N3O6S/c1-7-38(33,34)31-16-11-17-14(10-15(16)25-36-22(2,3)23(4,5)37-25)19(21(32)29-6)20(35-17)13-8-9-18(30-12-13)24(26,27)28/h8-12,31H,7H2,1-6H3,(H,29,32). The van der Waals surface area contributed by atoms with E-state index in [1.165, 1.54) is 26.1 Å². The number of fused-ring (bicyclic) bond motifs is 1. The number of sulfonamides is 1. The molecule has 9 nitrogen and oxygen atoms in total. The Morgan fingerprint density at radius 3 is 2.24 bits per heavy atom. The highest BCUT2D eigenvalue weighted by atomic mass is 32.2. The summed E-state index contributed by atoms with van der Waals surface area (Å²) in [7, 11) is -3.34. The average molecular weight is 553 g/mol. The van der Waals surface area contributed by atoms with Gasteiger partial charge < -0.3 is 19.0 Å². The summed E-state index contributed by atoms with van der Waals surface area (Å²) in [5.74, 6) is -0.811. The molecule has 0 spiro atoms. The van der Waals surface area contributed by atoms with Crippen molar-refractivity contribution >= 4 is 45.2 Å². The Balaban J connectivity index is 1.96. The van der Waals surface area contributed by atoms with E-state index in [9.17, 15) is 26.4 Å². The Hall–Kier alpha value is -3.10. The van der Waals surface area contributed by atoms with Crippen LogP contribution in [0.25, 0.3) is 22.3 Å². The number of anilines is 1. The van der Waals surface area contributed by atoms with Gasteiger partial charge in [-0.3, -0.25) is 14.5 Å². The van der Waals surface area contributed by atoms with Crippen LogP contribution in [0.15, 0.2) is 34.9 Å². The van der Waals surface area contributed by atoms with Gasteiger partial charge in [-0.1, -0.05) is 0 Å². The van der Waals surface area contributed by atoms with Gasteiger partial charge in [0.25, 0.3) is 5.91 Å². The molecule has 0 aliphatic carbocycles. The first kappa shape index (κ1) is 27.9. The van der Waals surface area contributed by atoms with Gasteiger partial charge in [0.1, 0.15) is 17.0 Å². The lowest BCUT2D eigenvalue weighted by atomic mass is 9.77. The van der Waals surface area contributed by atoms with Crippen LogP contribution < -0.4 is 15.5 Å². The summed E-state index contributed by atoms with van der Waals surface area (Å²) in [5, 5.41) is 2.79. The lowest BCUT2D eigenvalue weighted by Gasteiger charge is -2.32. The van der Waals surface area contributed by atoms with Crippen LogP contribution in [0.3, 0.4) is 0 Å². The largest absolute Gasteiger partial charge is 0.497 e. The van der Waals surface area contributed by atoms with E-state index >= 15 is 0 Å². The molecule has 1 aliphatic heterocycles. The number of carbonyl (C=O) groups excluding carboxylic acids is 1. The molecule has 2 aromatic heterocycles. The zero-order chi connectivity index (χ0) is 28.3. The van der Waals surface area contributed by atoms with Crippen LogP contribution in [0, 0.1) is 0 Å². The smallest absolute Gasteiger partial charge is 0.455 e. The maximum atomic E-state index is 13.0. The van der Waals surface area contributed by atoms with Crippen molar-refractivity contribution in [1.82, 2.24) is 10.3 Å². The zero-order valence-electron chi connectivity index (χ0n) is 21.6. The summed E-state index contributed by atoms with van der Waals surface area (Å²) in [6.07, 6.45) is -3.68. The molecule has 1 fully saturated rings. The molecule has 3 heterocycles. The van der Waals surface area contributed by atoms with E-state index in [1.807, 2.05) is 27.7 Å². The maximum absolute atomic E-state index is 13.0. The van der Waals surface area contributed by atoms with Gasteiger partial charge in [0.05, 0.1) is 28.2 Å². The Morgan fingerprint density at radius 2 is 1.74 bits per heavy atom. The Labute approximate surface area is 218 Å². The summed E-state index contributed by atoms with van der Waals surface area (Å²) in [6.45, 7) is 8.83. The molecular weight excluding hydrogens is 526 g/mol. The maximum Gasteiger partial charge on any atom is 0.497 e. The van der Waals surface area contributed by atoms with Crippen molar-refractivity contribution in [2.24, 2.45) is 0 Å². The molecule has 0 atom stereocenters. The number of hydrogen-bond donors (Lipinski definition) is 2. The van der Waals surface area contributed by atoms with Crippen molar-refractivity contribution in [3.05, 3.63) is 41.7 Å². The lowest BCUT2D eigenvalue weighted by Crippen LogP contribution is -2.41. The van der Waals surface area contributed by atoms with Crippen molar-refractivity contribution in [3.8, 4) is 11.3 Å². The Kier molecular flexibility index (Phi) is 6.82. The minimum atomic E-state index is -4.64. The van der Waals surface area contributed by atoms with Crippen molar-refractivity contribution in [2.45, 2.75) is 52.0 Å². The first-order chi connectivity index (χ1) is 17.5. The molecule has 14 heteroatoms. The van der Waals surface area contributed by atoms with Crippen LogP contribution in [0.2, 0.25) is 0 Å². The fraction of sp³-hybridized carbons (Fsp3) is 0.417. The number of rotatable bonds is 6. The van der Waals surface area contributed by atoms with Crippen LogP contribution in [0.4, 0.5) is 18.9 Å². The number of nitrogens with one attached hydrogen (secondary N) is 2. The van der Waals surface area contributed by atoms with E-state index in [4.69, 9.17) is 13.7 Å². The number of amides is 1. The molecule has 3 aromatic rings. The minimum Gasteiger partial charge on any atom is -0.455 e. The summed E-state index contributed by atoms with van der Waals surface area (Å²) in [4.78, 5) is 16.4. The second-order valence-corrected chi connectivity index (χ2v) is 11.9. The van der Waals surface area contributed by atoms with Gasteiger partial charge in [-0.05, 0) is 52.8 Å². The third-order valence-corrected chi connectivity index (χ3v) is 8.07. The predicted octanol–water partition coefficient (Wildman–Crippen LogP) is 3.93. The molecular formula is C24H27BF3N3O6S. The number of benzene rings is 1. The molecule has 1 aromatic carbocycles. The number of carbonyl (C=O) groups is 1. The summed E-state index contributed by atoms with van der Waals surface area (Å²) in [6, 6.07) is 4.86. The second kappa shape index (κ2) is 9.28. The molecule has 1 aliphatic rings. The number of hydrogen-bond acceptors (Lipinski definition) is 7. The first-order valence-corrected chi connectivity index (χ1v) is 13.4. The van der Waals surface area contributed by atoms with Crippen LogP contribution in [-0.4, -0.2) is 50.4 Å². The molecule has 2 N–H and O–H groups in total.